The first-order chi connectivity index (χ1) is 18.8. The Labute approximate surface area is 223 Å². The van der Waals surface area contributed by atoms with Crippen LogP contribution in [0.25, 0.3) is 55.6 Å². The standard InChI is InChI=1S/C36H26N2/c37-26-20-16-24(17-21-26)25-18-22-27(23-19-25)38-35-15-7-14-34-32-11-4-3-10-30(32)28-8-1-2-9-29(28)31-12-5-6-13-33(31)36(34)35/h1-23,38H,37H2. The van der Waals surface area contributed by atoms with Crippen LogP contribution in [0.4, 0.5) is 17.1 Å². The number of rotatable bonds is 3. The van der Waals surface area contributed by atoms with Crippen LogP contribution in [0.1, 0.15) is 0 Å². The zero-order chi connectivity index (χ0) is 25.5. The van der Waals surface area contributed by atoms with Gasteiger partial charge in [-0.05, 0) is 80.4 Å². The molecule has 2 heteroatoms. The Bertz CT molecular complexity index is 1770. The second-order valence-corrected chi connectivity index (χ2v) is 9.69. The van der Waals surface area contributed by atoms with Gasteiger partial charge >= 0.3 is 0 Å². The SMILES string of the molecule is Nc1ccc(-c2ccc(Nc3cccc4c3-c3ccccc3-c3ccccc3-c3ccccc3-4)cc2)cc1. The fraction of sp³-hybridized carbons (Fsp3) is 0. The Balaban J connectivity index is 1.39. The van der Waals surface area contributed by atoms with Crippen molar-refractivity contribution < 1.29 is 0 Å². The molecule has 0 amide bonds. The highest BCUT2D eigenvalue weighted by atomic mass is 14.9. The van der Waals surface area contributed by atoms with E-state index in [4.69, 9.17) is 5.73 Å². The van der Waals surface area contributed by atoms with E-state index in [1.54, 1.807) is 0 Å². The third-order valence-electron chi connectivity index (χ3n) is 7.39. The van der Waals surface area contributed by atoms with Crippen molar-refractivity contribution in [1.29, 1.82) is 0 Å². The summed E-state index contributed by atoms with van der Waals surface area (Å²) in [5.41, 5.74) is 21.0. The highest BCUT2D eigenvalue weighted by Gasteiger charge is 2.23. The fourth-order valence-electron chi connectivity index (χ4n) is 5.59. The number of anilines is 3. The molecule has 1 aliphatic rings. The van der Waals surface area contributed by atoms with Crippen molar-refractivity contribution >= 4 is 17.1 Å². The molecule has 6 aromatic carbocycles. The predicted octanol–water partition coefficient (Wildman–Crippen LogP) is 9.66. The van der Waals surface area contributed by atoms with Gasteiger partial charge in [-0.1, -0.05) is 109 Å². The average Bonchev–Trinajstić information content (AvgIpc) is 2.97. The molecule has 180 valence electrons. The smallest absolute Gasteiger partial charge is 0.0470 e. The number of nitrogens with one attached hydrogen (secondary N) is 1. The Morgan fingerprint density at radius 3 is 1.34 bits per heavy atom. The van der Waals surface area contributed by atoms with Crippen LogP contribution < -0.4 is 11.1 Å². The minimum atomic E-state index is 0.775. The lowest BCUT2D eigenvalue weighted by Gasteiger charge is -2.25. The Kier molecular flexibility index (Phi) is 5.30. The Morgan fingerprint density at radius 1 is 0.368 bits per heavy atom. The first-order valence-corrected chi connectivity index (χ1v) is 12.9. The van der Waals surface area contributed by atoms with Gasteiger partial charge in [0.25, 0.3) is 0 Å². The van der Waals surface area contributed by atoms with Crippen molar-refractivity contribution in [3.05, 3.63) is 140 Å². The normalized spacial score (nSPS) is 11.3. The maximum absolute atomic E-state index is 5.87. The second-order valence-electron chi connectivity index (χ2n) is 9.69. The van der Waals surface area contributed by atoms with Gasteiger partial charge < -0.3 is 11.1 Å². The molecule has 7 rings (SSSR count). The topological polar surface area (TPSA) is 38.0 Å². The van der Waals surface area contributed by atoms with Crippen molar-refractivity contribution in [2.45, 2.75) is 0 Å². The van der Waals surface area contributed by atoms with Gasteiger partial charge in [-0.2, -0.15) is 0 Å². The maximum atomic E-state index is 5.87. The molecule has 0 heterocycles. The van der Waals surface area contributed by atoms with Gasteiger partial charge in [-0.3, -0.25) is 0 Å². The molecule has 0 saturated carbocycles. The summed E-state index contributed by atoms with van der Waals surface area (Å²) in [6.45, 7) is 0. The van der Waals surface area contributed by atoms with E-state index in [-0.39, 0.29) is 0 Å². The number of hydrogen-bond donors (Lipinski definition) is 2. The quantitative estimate of drug-likeness (QED) is 0.244. The van der Waals surface area contributed by atoms with Crippen molar-refractivity contribution in [1.82, 2.24) is 0 Å². The maximum Gasteiger partial charge on any atom is 0.0470 e. The Morgan fingerprint density at radius 2 is 0.789 bits per heavy atom. The minimum Gasteiger partial charge on any atom is -0.399 e. The van der Waals surface area contributed by atoms with Crippen molar-refractivity contribution in [3.8, 4) is 55.6 Å². The van der Waals surface area contributed by atoms with Gasteiger partial charge in [0.1, 0.15) is 0 Å². The first kappa shape index (κ1) is 22.1. The van der Waals surface area contributed by atoms with Crippen LogP contribution in [0.5, 0.6) is 0 Å². The minimum absolute atomic E-state index is 0.775. The lowest BCUT2D eigenvalue weighted by Crippen LogP contribution is -2.00. The molecule has 0 fully saturated rings. The molecule has 3 N–H and O–H groups in total. The van der Waals surface area contributed by atoms with Crippen molar-refractivity contribution in [3.63, 3.8) is 0 Å². The van der Waals surface area contributed by atoms with Crippen LogP contribution in [-0.4, -0.2) is 0 Å². The van der Waals surface area contributed by atoms with Crippen LogP contribution in [-0.2, 0) is 0 Å². The van der Waals surface area contributed by atoms with E-state index in [1.165, 1.54) is 44.5 Å². The summed E-state index contributed by atoms with van der Waals surface area (Å²) in [5.74, 6) is 0. The number of hydrogen-bond acceptors (Lipinski definition) is 2. The zero-order valence-electron chi connectivity index (χ0n) is 20.9. The van der Waals surface area contributed by atoms with E-state index < -0.39 is 0 Å². The molecule has 0 radical (unpaired) electrons. The number of nitrogens with two attached hydrogens (primary N) is 1. The van der Waals surface area contributed by atoms with Gasteiger partial charge in [0, 0.05) is 22.6 Å². The van der Waals surface area contributed by atoms with E-state index in [1.807, 2.05) is 12.1 Å². The molecule has 38 heavy (non-hydrogen) atoms. The summed E-state index contributed by atoms with van der Waals surface area (Å²) < 4.78 is 0. The van der Waals surface area contributed by atoms with Gasteiger partial charge in [-0.25, -0.2) is 0 Å². The molecule has 0 unspecified atom stereocenters. The van der Waals surface area contributed by atoms with Crippen LogP contribution in [0, 0.1) is 0 Å². The van der Waals surface area contributed by atoms with E-state index in [0.29, 0.717) is 0 Å². The van der Waals surface area contributed by atoms with Crippen LogP contribution >= 0.6 is 0 Å². The second kappa shape index (κ2) is 9.10. The monoisotopic (exact) mass is 486 g/mol. The average molecular weight is 487 g/mol. The summed E-state index contributed by atoms with van der Waals surface area (Å²) in [5, 5.41) is 3.74. The molecule has 0 atom stereocenters. The van der Waals surface area contributed by atoms with Crippen LogP contribution in [0.2, 0.25) is 0 Å². The number of nitrogen functional groups attached to an aromatic ring is 1. The van der Waals surface area contributed by atoms with Crippen LogP contribution in [0.15, 0.2) is 140 Å². The van der Waals surface area contributed by atoms with Gasteiger partial charge in [-0.15, -0.1) is 0 Å². The molecule has 0 spiro atoms. The molecule has 1 aliphatic carbocycles. The lowest BCUT2D eigenvalue weighted by atomic mass is 9.80. The van der Waals surface area contributed by atoms with Gasteiger partial charge in [0.15, 0.2) is 0 Å². The molecular weight excluding hydrogens is 460 g/mol. The van der Waals surface area contributed by atoms with E-state index in [0.717, 1.165) is 28.2 Å². The third kappa shape index (κ3) is 3.75. The molecule has 0 aliphatic heterocycles. The predicted molar refractivity (Wildman–Crippen MR) is 161 cm³/mol. The summed E-state index contributed by atoms with van der Waals surface area (Å²) in [4.78, 5) is 0. The van der Waals surface area contributed by atoms with Crippen LogP contribution in [0.3, 0.4) is 0 Å². The summed E-state index contributed by atoms with van der Waals surface area (Å²) in [6, 6.07) is 49.4. The van der Waals surface area contributed by atoms with E-state index in [9.17, 15) is 0 Å². The first-order valence-electron chi connectivity index (χ1n) is 12.9. The summed E-state index contributed by atoms with van der Waals surface area (Å²) in [7, 11) is 0. The van der Waals surface area contributed by atoms with E-state index >= 15 is 0 Å². The highest BCUT2D eigenvalue weighted by molar-refractivity contribution is 6.06. The Hall–Kier alpha value is -5.08. The summed E-state index contributed by atoms with van der Waals surface area (Å²) >= 11 is 0. The lowest BCUT2D eigenvalue weighted by molar-refractivity contribution is 1.49. The molecule has 2 nitrogen and oxygen atoms in total. The largest absolute Gasteiger partial charge is 0.399 e. The molecule has 0 aromatic heterocycles. The number of benzene rings is 6. The molecule has 0 bridgehead atoms. The zero-order valence-corrected chi connectivity index (χ0v) is 20.9. The number of fused-ring (bicyclic) bond motifs is 8. The van der Waals surface area contributed by atoms with E-state index in [2.05, 4.69) is 133 Å². The molecular formula is C36H26N2. The summed E-state index contributed by atoms with van der Waals surface area (Å²) in [6.07, 6.45) is 0. The molecule has 0 saturated heterocycles. The third-order valence-corrected chi connectivity index (χ3v) is 7.39. The molecule has 6 aromatic rings. The van der Waals surface area contributed by atoms with Crippen molar-refractivity contribution in [2.24, 2.45) is 0 Å². The van der Waals surface area contributed by atoms with Gasteiger partial charge in [0.05, 0.1) is 0 Å². The fourth-order valence-corrected chi connectivity index (χ4v) is 5.59. The highest BCUT2D eigenvalue weighted by Crippen LogP contribution is 2.50. The van der Waals surface area contributed by atoms with Crippen molar-refractivity contribution in [2.75, 3.05) is 11.1 Å². The van der Waals surface area contributed by atoms with Gasteiger partial charge in [0.2, 0.25) is 0 Å².